The Balaban J connectivity index is 1.49. The largest absolute Gasteiger partial charge is 0.454 e. The molecule has 6 heteroatoms. The van der Waals surface area contributed by atoms with E-state index in [1.807, 2.05) is 18.2 Å². The van der Waals surface area contributed by atoms with Gasteiger partial charge in [-0.3, -0.25) is 0 Å². The van der Waals surface area contributed by atoms with Crippen molar-refractivity contribution in [1.29, 1.82) is 0 Å². The van der Waals surface area contributed by atoms with Crippen molar-refractivity contribution in [2.24, 2.45) is 0 Å². The maximum atomic E-state index is 5.37. The van der Waals surface area contributed by atoms with Crippen LogP contribution in [0.3, 0.4) is 0 Å². The zero-order valence-corrected chi connectivity index (χ0v) is 11.1. The van der Waals surface area contributed by atoms with Crippen molar-refractivity contribution < 1.29 is 9.47 Å². The standard InChI is InChI=1S/C14H16N4O2/c1-2-6-18-13(3-1)16-17-14(18)8-15-10-4-5-11-12(7-10)20-9-19-11/h4-5,7,15H,1-3,6,8-9H2. The van der Waals surface area contributed by atoms with Crippen LogP contribution in [0.2, 0.25) is 0 Å². The van der Waals surface area contributed by atoms with Gasteiger partial charge in [0.1, 0.15) is 5.82 Å². The minimum Gasteiger partial charge on any atom is -0.454 e. The summed E-state index contributed by atoms with van der Waals surface area (Å²) in [4.78, 5) is 0. The highest BCUT2D eigenvalue weighted by Crippen LogP contribution is 2.34. The van der Waals surface area contributed by atoms with Gasteiger partial charge < -0.3 is 19.4 Å². The second-order valence-corrected chi connectivity index (χ2v) is 5.06. The van der Waals surface area contributed by atoms with E-state index >= 15 is 0 Å². The zero-order chi connectivity index (χ0) is 13.4. The summed E-state index contributed by atoms with van der Waals surface area (Å²) in [6, 6.07) is 5.86. The minimum absolute atomic E-state index is 0.302. The highest BCUT2D eigenvalue weighted by molar-refractivity contribution is 5.55. The zero-order valence-electron chi connectivity index (χ0n) is 11.1. The Morgan fingerprint density at radius 3 is 3.10 bits per heavy atom. The molecule has 1 aromatic heterocycles. The van der Waals surface area contributed by atoms with Gasteiger partial charge in [0, 0.05) is 24.7 Å². The average Bonchev–Trinajstić information content (AvgIpc) is 3.11. The van der Waals surface area contributed by atoms with Crippen LogP contribution in [0.25, 0.3) is 0 Å². The van der Waals surface area contributed by atoms with Gasteiger partial charge in [0.05, 0.1) is 6.54 Å². The van der Waals surface area contributed by atoms with E-state index in [1.54, 1.807) is 0 Å². The van der Waals surface area contributed by atoms with Crippen molar-refractivity contribution in [2.45, 2.75) is 32.4 Å². The number of aromatic nitrogens is 3. The number of fused-ring (bicyclic) bond motifs is 2. The number of hydrogen-bond acceptors (Lipinski definition) is 5. The predicted molar refractivity (Wildman–Crippen MR) is 72.9 cm³/mol. The van der Waals surface area contributed by atoms with Crippen molar-refractivity contribution in [2.75, 3.05) is 12.1 Å². The van der Waals surface area contributed by atoms with Crippen molar-refractivity contribution >= 4 is 5.69 Å². The van der Waals surface area contributed by atoms with Crippen LogP contribution >= 0.6 is 0 Å². The van der Waals surface area contributed by atoms with Gasteiger partial charge in [-0.15, -0.1) is 10.2 Å². The second-order valence-electron chi connectivity index (χ2n) is 5.06. The summed E-state index contributed by atoms with van der Waals surface area (Å²) in [7, 11) is 0. The van der Waals surface area contributed by atoms with Gasteiger partial charge in [0.15, 0.2) is 17.3 Å². The lowest BCUT2D eigenvalue weighted by Crippen LogP contribution is -2.15. The maximum Gasteiger partial charge on any atom is 0.231 e. The lowest BCUT2D eigenvalue weighted by Gasteiger charge is -2.15. The molecule has 6 nitrogen and oxygen atoms in total. The number of aryl methyl sites for hydroxylation is 1. The fourth-order valence-electron chi connectivity index (χ4n) is 2.69. The molecule has 0 bridgehead atoms. The second kappa shape index (κ2) is 4.70. The number of nitrogens with one attached hydrogen (secondary N) is 1. The Morgan fingerprint density at radius 2 is 2.10 bits per heavy atom. The van der Waals surface area contributed by atoms with Crippen LogP contribution in [0.5, 0.6) is 11.5 Å². The highest BCUT2D eigenvalue weighted by Gasteiger charge is 2.16. The number of anilines is 1. The summed E-state index contributed by atoms with van der Waals surface area (Å²) in [5.41, 5.74) is 1.00. The van der Waals surface area contributed by atoms with Crippen molar-refractivity contribution in [3.05, 3.63) is 29.8 Å². The van der Waals surface area contributed by atoms with Gasteiger partial charge in [0.2, 0.25) is 6.79 Å². The first kappa shape index (κ1) is 11.6. The summed E-state index contributed by atoms with van der Waals surface area (Å²) in [5, 5.41) is 11.9. The Kier molecular flexibility index (Phi) is 2.72. The summed E-state index contributed by atoms with van der Waals surface area (Å²) in [6.45, 7) is 2.00. The summed E-state index contributed by atoms with van der Waals surface area (Å²) < 4.78 is 12.9. The molecule has 3 heterocycles. The molecule has 2 aliphatic rings. The van der Waals surface area contributed by atoms with E-state index in [0.29, 0.717) is 13.3 Å². The van der Waals surface area contributed by atoms with E-state index in [1.165, 1.54) is 12.8 Å². The minimum atomic E-state index is 0.302. The molecule has 0 saturated carbocycles. The van der Waals surface area contributed by atoms with Crippen LogP contribution in [0.15, 0.2) is 18.2 Å². The molecular formula is C14H16N4O2. The van der Waals surface area contributed by atoms with Crippen LogP contribution in [-0.2, 0) is 19.5 Å². The number of hydrogen-bond donors (Lipinski definition) is 1. The lowest BCUT2D eigenvalue weighted by molar-refractivity contribution is 0.174. The fourth-order valence-corrected chi connectivity index (χ4v) is 2.69. The molecule has 0 amide bonds. The molecule has 0 spiro atoms. The quantitative estimate of drug-likeness (QED) is 0.925. The van der Waals surface area contributed by atoms with E-state index < -0.39 is 0 Å². The molecule has 2 aromatic rings. The normalized spacial score (nSPS) is 16.0. The highest BCUT2D eigenvalue weighted by atomic mass is 16.7. The Bertz CT molecular complexity index is 638. The van der Waals surface area contributed by atoms with Gasteiger partial charge in [0.25, 0.3) is 0 Å². The van der Waals surface area contributed by atoms with Gasteiger partial charge in [-0.05, 0) is 25.0 Å². The molecule has 0 radical (unpaired) electrons. The molecular weight excluding hydrogens is 256 g/mol. The van der Waals surface area contributed by atoms with Crippen LogP contribution in [0, 0.1) is 0 Å². The SMILES string of the molecule is c1cc2c(cc1NCc1nnc3n1CCCC3)OCO2. The molecule has 0 atom stereocenters. The maximum absolute atomic E-state index is 5.37. The molecule has 2 aliphatic heterocycles. The first-order valence-corrected chi connectivity index (χ1v) is 6.94. The van der Waals surface area contributed by atoms with Crippen LogP contribution < -0.4 is 14.8 Å². The summed E-state index contributed by atoms with van der Waals surface area (Å²) in [5.74, 6) is 3.70. The molecule has 0 saturated heterocycles. The molecule has 1 N–H and O–H groups in total. The van der Waals surface area contributed by atoms with Crippen molar-refractivity contribution in [3.8, 4) is 11.5 Å². The van der Waals surface area contributed by atoms with Gasteiger partial charge in [-0.25, -0.2) is 0 Å². The third kappa shape index (κ3) is 1.97. The van der Waals surface area contributed by atoms with E-state index in [9.17, 15) is 0 Å². The Morgan fingerprint density at radius 1 is 1.15 bits per heavy atom. The van der Waals surface area contributed by atoms with Gasteiger partial charge in [-0.1, -0.05) is 0 Å². The summed E-state index contributed by atoms with van der Waals surface area (Å²) in [6.07, 6.45) is 3.47. The van der Waals surface area contributed by atoms with Crippen LogP contribution in [0.1, 0.15) is 24.5 Å². The monoisotopic (exact) mass is 272 g/mol. The fraction of sp³-hybridized carbons (Fsp3) is 0.429. The van der Waals surface area contributed by atoms with E-state index in [2.05, 4.69) is 20.1 Å². The number of ether oxygens (including phenoxy) is 2. The molecule has 0 aliphatic carbocycles. The molecule has 20 heavy (non-hydrogen) atoms. The Labute approximate surface area is 116 Å². The third-order valence-electron chi connectivity index (χ3n) is 3.76. The number of rotatable bonds is 3. The first-order valence-electron chi connectivity index (χ1n) is 6.94. The van der Waals surface area contributed by atoms with Gasteiger partial charge in [-0.2, -0.15) is 0 Å². The molecule has 4 rings (SSSR count). The topological polar surface area (TPSA) is 61.2 Å². The molecule has 104 valence electrons. The smallest absolute Gasteiger partial charge is 0.231 e. The molecule has 0 fully saturated rings. The summed E-state index contributed by atoms with van der Waals surface area (Å²) >= 11 is 0. The Hall–Kier alpha value is -2.24. The van der Waals surface area contributed by atoms with E-state index in [-0.39, 0.29) is 0 Å². The molecule has 0 unspecified atom stereocenters. The number of benzene rings is 1. The lowest BCUT2D eigenvalue weighted by atomic mass is 10.2. The van der Waals surface area contributed by atoms with Crippen LogP contribution in [-0.4, -0.2) is 21.6 Å². The van der Waals surface area contributed by atoms with Crippen LogP contribution in [0.4, 0.5) is 5.69 Å². The van der Waals surface area contributed by atoms with E-state index in [4.69, 9.17) is 9.47 Å². The van der Waals surface area contributed by atoms with Gasteiger partial charge >= 0.3 is 0 Å². The van der Waals surface area contributed by atoms with Crippen molar-refractivity contribution in [3.63, 3.8) is 0 Å². The molecule has 1 aromatic carbocycles. The van der Waals surface area contributed by atoms with Crippen molar-refractivity contribution in [1.82, 2.24) is 14.8 Å². The number of nitrogens with zero attached hydrogens (tertiary/aromatic N) is 3. The third-order valence-corrected chi connectivity index (χ3v) is 3.76. The average molecular weight is 272 g/mol. The first-order chi connectivity index (χ1) is 9.90. The van der Waals surface area contributed by atoms with E-state index in [0.717, 1.165) is 41.8 Å². The predicted octanol–water partition coefficient (Wildman–Crippen LogP) is 1.96.